The van der Waals surface area contributed by atoms with Crippen LogP contribution in [0.1, 0.15) is 36.5 Å². The van der Waals surface area contributed by atoms with Crippen LogP contribution in [-0.2, 0) is 4.74 Å². The van der Waals surface area contributed by atoms with E-state index in [9.17, 15) is 4.79 Å². The van der Waals surface area contributed by atoms with Gasteiger partial charge >= 0.3 is 0 Å². The molecule has 16 heavy (non-hydrogen) atoms. The lowest BCUT2D eigenvalue weighted by atomic mass is 10.1. The summed E-state index contributed by atoms with van der Waals surface area (Å²) in [7, 11) is 0. The number of allylic oxidation sites excluding steroid dienone is 2. The van der Waals surface area contributed by atoms with Crippen LogP contribution in [0.5, 0.6) is 0 Å². The molecule has 1 aromatic rings. The average molecular weight is 216 g/mol. The number of hydrogen-bond acceptors (Lipinski definition) is 2. The molecule has 0 aliphatic carbocycles. The Hall–Kier alpha value is -1.57. The van der Waals surface area contributed by atoms with Gasteiger partial charge in [-0.2, -0.15) is 0 Å². The van der Waals surface area contributed by atoms with Gasteiger partial charge in [-0.05, 0) is 12.8 Å². The Bertz CT molecular complexity index is 392. The fourth-order valence-electron chi connectivity index (χ4n) is 1.86. The van der Waals surface area contributed by atoms with E-state index in [-0.39, 0.29) is 5.78 Å². The lowest BCUT2D eigenvalue weighted by molar-refractivity contribution is 0.103. The molecule has 1 aromatic carbocycles. The summed E-state index contributed by atoms with van der Waals surface area (Å²) in [5.41, 5.74) is 0.721. The Morgan fingerprint density at radius 2 is 2.19 bits per heavy atom. The van der Waals surface area contributed by atoms with Crippen molar-refractivity contribution in [2.24, 2.45) is 0 Å². The number of carbonyl (C=O) groups excluding carboxylic acids is 1. The van der Waals surface area contributed by atoms with E-state index >= 15 is 0 Å². The zero-order valence-corrected chi connectivity index (χ0v) is 9.48. The molecule has 0 N–H and O–H groups in total. The maximum atomic E-state index is 11.8. The molecule has 1 saturated heterocycles. The molecular formula is C14H16O2. The van der Waals surface area contributed by atoms with Crippen LogP contribution < -0.4 is 0 Å². The van der Waals surface area contributed by atoms with Gasteiger partial charge in [0.2, 0.25) is 0 Å². The van der Waals surface area contributed by atoms with E-state index < -0.39 is 0 Å². The minimum atomic E-state index is 0.0346. The van der Waals surface area contributed by atoms with Gasteiger partial charge in [-0.15, -0.1) is 0 Å². The average Bonchev–Trinajstić information content (AvgIpc) is 2.78. The van der Waals surface area contributed by atoms with Crippen LogP contribution in [0.15, 0.2) is 42.2 Å². The highest BCUT2D eigenvalue weighted by Crippen LogP contribution is 2.25. The van der Waals surface area contributed by atoms with Gasteiger partial charge in [-0.1, -0.05) is 37.3 Å². The zero-order valence-electron chi connectivity index (χ0n) is 9.48. The minimum absolute atomic E-state index is 0.0346. The molecule has 2 heteroatoms. The third-order valence-corrected chi connectivity index (χ3v) is 2.84. The van der Waals surface area contributed by atoms with Crippen LogP contribution in [-0.4, -0.2) is 11.9 Å². The van der Waals surface area contributed by atoms with Gasteiger partial charge in [0.1, 0.15) is 5.76 Å². The fraction of sp³-hybridized carbons (Fsp3) is 0.357. The van der Waals surface area contributed by atoms with E-state index in [1.54, 1.807) is 6.08 Å². The second-order valence-corrected chi connectivity index (χ2v) is 4.03. The van der Waals surface area contributed by atoms with E-state index in [4.69, 9.17) is 4.74 Å². The smallest absolute Gasteiger partial charge is 0.189 e. The first-order valence-electron chi connectivity index (χ1n) is 5.76. The van der Waals surface area contributed by atoms with Gasteiger partial charge in [0.05, 0.1) is 6.10 Å². The largest absolute Gasteiger partial charge is 0.495 e. The van der Waals surface area contributed by atoms with Crippen molar-refractivity contribution in [2.75, 3.05) is 0 Å². The number of carbonyl (C=O) groups is 1. The Kier molecular flexibility index (Phi) is 3.40. The Morgan fingerprint density at radius 3 is 2.81 bits per heavy atom. The lowest BCUT2D eigenvalue weighted by Gasteiger charge is -2.06. The van der Waals surface area contributed by atoms with Crippen molar-refractivity contribution in [1.29, 1.82) is 0 Å². The van der Waals surface area contributed by atoms with Crippen LogP contribution in [0, 0.1) is 0 Å². The molecule has 0 spiro atoms. The van der Waals surface area contributed by atoms with Crippen molar-refractivity contribution >= 4 is 5.78 Å². The number of ketones is 1. The quantitative estimate of drug-likeness (QED) is 0.572. The predicted molar refractivity (Wildman–Crippen MR) is 63.3 cm³/mol. The van der Waals surface area contributed by atoms with Crippen LogP contribution >= 0.6 is 0 Å². The second-order valence-electron chi connectivity index (χ2n) is 4.03. The number of benzene rings is 1. The normalized spacial score (nSPS) is 22.1. The second kappa shape index (κ2) is 4.97. The maximum Gasteiger partial charge on any atom is 0.189 e. The lowest BCUT2D eigenvalue weighted by Crippen LogP contribution is -2.01. The molecule has 1 aliphatic heterocycles. The van der Waals surface area contributed by atoms with E-state index in [0.717, 1.165) is 30.6 Å². The van der Waals surface area contributed by atoms with Gasteiger partial charge in [-0.3, -0.25) is 4.79 Å². The van der Waals surface area contributed by atoms with Crippen molar-refractivity contribution < 1.29 is 9.53 Å². The number of rotatable bonds is 3. The molecule has 1 aliphatic rings. The van der Waals surface area contributed by atoms with Crippen LogP contribution in [0.3, 0.4) is 0 Å². The molecule has 0 bridgehead atoms. The highest BCUT2D eigenvalue weighted by Gasteiger charge is 2.19. The Balaban J connectivity index is 2.05. The summed E-state index contributed by atoms with van der Waals surface area (Å²) in [6.07, 6.45) is 4.86. The summed E-state index contributed by atoms with van der Waals surface area (Å²) in [6, 6.07) is 9.30. The van der Waals surface area contributed by atoms with E-state index in [1.807, 2.05) is 30.3 Å². The standard InChI is InChI=1S/C14H16O2/c1-2-12-8-9-13(16-12)10-14(15)11-6-4-3-5-7-11/h3-7,10,12H,2,8-9H2,1H3/b13-10+/t12-/m0/s1. The monoisotopic (exact) mass is 216 g/mol. The minimum Gasteiger partial charge on any atom is -0.495 e. The predicted octanol–water partition coefficient (Wildman–Crippen LogP) is 3.34. The third kappa shape index (κ3) is 2.51. The molecule has 1 atom stereocenters. The highest BCUT2D eigenvalue weighted by molar-refractivity contribution is 6.04. The molecule has 0 unspecified atom stereocenters. The molecule has 0 amide bonds. The molecule has 84 valence electrons. The molecule has 0 radical (unpaired) electrons. The number of hydrogen-bond donors (Lipinski definition) is 0. The summed E-state index contributed by atoms with van der Waals surface area (Å²) in [6.45, 7) is 2.10. The summed E-state index contributed by atoms with van der Waals surface area (Å²) in [4.78, 5) is 11.8. The van der Waals surface area contributed by atoms with Gasteiger partial charge < -0.3 is 4.74 Å². The SMILES string of the molecule is CC[C@H]1CC/C(=C\C(=O)c2ccccc2)O1. The van der Waals surface area contributed by atoms with Crippen LogP contribution in [0.4, 0.5) is 0 Å². The molecular weight excluding hydrogens is 200 g/mol. The number of ether oxygens (including phenoxy) is 1. The van der Waals surface area contributed by atoms with Gasteiger partial charge in [0.25, 0.3) is 0 Å². The fourth-order valence-corrected chi connectivity index (χ4v) is 1.86. The molecule has 1 fully saturated rings. The van der Waals surface area contributed by atoms with E-state index in [0.29, 0.717) is 6.10 Å². The van der Waals surface area contributed by atoms with Gasteiger partial charge in [-0.25, -0.2) is 0 Å². The van der Waals surface area contributed by atoms with Crippen LogP contribution in [0.2, 0.25) is 0 Å². The van der Waals surface area contributed by atoms with Crippen molar-refractivity contribution in [2.45, 2.75) is 32.3 Å². The summed E-state index contributed by atoms with van der Waals surface area (Å²) < 4.78 is 5.64. The van der Waals surface area contributed by atoms with Gasteiger partial charge in [0, 0.05) is 18.1 Å². The third-order valence-electron chi connectivity index (χ3n) is 2.84. The first-order valence-corrected chi connectivity index (χ1v) is 5.76. The molecule has 0 saturated carbocycles. The summed E-state index contributed by atoms with van der Waals surface area (Å²) in [5.74, 6) is 0.869. The highest BCUT2D eigenvalue weighted by atomic mass is 16.5. The molecule has 0 aromatic heterocycles. The molecule has 1 heterocycles. The van der Waals surface area contributed by atoms with E-state index in [1.165, 1.54) is 0 Å². The zero-order chi connectivity index (χ0) is 11.4. The van der Waals surface area contributed by atoms with Crippen molar-refractivity contribution in [1.82, 2.24) is 0 Å². The van der Waals surface area contributed by atoms with Crippen molar-refractivity contribution in [3.05, 3.63) is 47.7 Å². The Labute approximate surface area is 95.9 Å². The first-order chi connectivity index (χ1) is 7.79. The molecule has 2 nitrogen and oxygen atoms in total. The topological polar surface area (TPSA) is 26.3 Å². The summed E-state index contributed by atoms with van der Waals surface area (Å²) in [5, 5.41) is 0. The Morgan fingerprint density at radius 1 is 1.44 bits per heavy atom. The van der Waals surface area contributed by atoms with E-state index in [2.05, 4.69) is 6.92 Å². The first kappa shape index (κ1) is 10.9. The van der Waals surface area contributed by atoms with Crippen molar-refractivity contribution in [3.8, 4) is 0 Å². The molecule has 2 rings (SSSR count). The van der Waals surface area contributed by atoms with Crippen molar-refractivity contribution in [3.63, 3.8) is 0 Å². The van der Waals surface area contributed by atoms with Crippen LogP contribution in [0.25, 0.3) is 0 Å². The van der Waals surface area contributed by atoms with Gasteiger partial charge in [0.15, 0.2) is 5.78 Å². The summed E-state index contributed by atoms with van der Waals surface area (Å²) >= 11 is 0. The maximum absolute atomic E-state index is 11.8.